The topological polar surface area (TPSA) is 34.9 Å². The van der Waals surface area contributed by atoms with Crippen LogP contribution in [-0.2, 0) is 13.5 Å². The van der Waals surface area contributed by atoms with Gasteiger partial charge in [-0.2, -0.15) is 5.10 Å². The van der Waals surface area contributed by atoms with E-state index in [0.717, 1.165) is 5.56 Å². The third-order valence-corrected chi connectivity index (χ3v) is 3.06. The van der Waals surface area contributed by atoms with Gasteiger partial charge in [-0.15, -0.1) is 0 Å². The maximum absolute atomic E-state index is 12.0. The molecule has 0 unspecified atom stereocenters. The maximum Gasteiger partial charge on any atom is 0.185 e. The van der Waals surface area contributed by atoms with Gasteiger partial charge >= 0.3 is 0 Å². The highest BCUT2D eigenvalue weighted by molar-refractivity contribution is 6.35. The number of carbonyl (C=O) groups is 1. The Labute approximate surface area is 109 Å². The summed E-state index contributed by atoms with van der Waals surface area (Å²) in [7, 11) is 1.73. The van der Waals surface area contributed by atoms with Crippen LogP contribution in [0, 0.1) is 0 Å². The highest BCUT2D eigenvalue weighted by atomic mass is 35.5. The van der Waals surface area contributed by atoms with Gasteiger partial charge in [0, 0.05) is 29.7 Å². The first-order valence-corrected chi connectivity index (χ1v) is 5.78. The lowest BCUT2D eigenvalue weighted by Crippen LogP contribution is -2.09. The van der Waals surface area contributed by atoms with Crippen LogP contribution in [0.2, 0.25) is 10.0 Å². The predicted molar refractivity (Wildman–Crippen MR) is 67.7 cm³/mol. The molecule has 0 spiro atoms. The fraction of sp³-hybridized carbons (Fsp3) is 0.167. The van der Waals surface area contributed by atoms with Gasteiger partial charge in [0.2, 0.25) is 0 Å². The molecule has 17 heavy (non-hydrogen) atoms. The van der Waals surface area contributed by atoms with Crippen LogP contribution in [0.4, 0.5) is 0 Å². The molecule has 0 saturated heterocycles. The number of nitrogens with zero attached hydrogens (tertiary/aromatic N) is 2. The van der Waals surface area contributed by atoms with Gasteiger partial charge in [0.1, 0.15) is 5.69 Å². The van der Waals surface area contributed by atoms with Crippen molar-refractivity contribution in [3.8, 4) is 0 Å². The summed E-state index contributed by atoms with van der Waals surface area (Å²) in [5, 5.41) is 5.03. The SMILES string of the molecule is Cn1nccc1C(=O)Cc1ccc(Cl)cc1Cl. The first-order chi connectivity index (χ1) is 8.08. The summed E-state index contributed by atoms with van der Waals surface area (Å²) in [4.78, 5) is 12.0. The van der Waals surface area contributed by atoms with Crippen molar-refractivity contribution in [2.75, 3.05) is 0 Å². The minimum atomic E-state index is -0.0192. The van der Waals surface area contributed by atoms with E-state index in [1.807, 2.05) is 0 Å². The summed E-state index contributed by atoms with van der Waals surface area (Å²) in [6.07, 6.45) is 1.84. The van der Waals surface area contributed by atoms with Crippen LogP contribution in [0.15, 0.2) is 30.5 Å². The van der Waals surface area contributed by atoms with Crippen molar-refractivity contribution in [2.24, 2.45) is 7.05 Å². The second kappa shape index (κ2) is 4.90. The van der Waals surface area contributed by atoms with E-state index in [9.17, 15) is 4.79 Å². The second-order valence-electron chi connectivity index (χ2n) is 3.68. The molecule has 2 aromatic rings. The molecule has 1 heterocycles. The number of aryl methyl sites for hydroxylation is 1. The molecular formula is C12H10Cl2N2O. The molecule has 0 saturated carbocycles. The molecule has 1 aromatic heterocycles. The van der Waals surface area contributed by atoms with Gasteiger partial charge in [-0.1, -0.05) is 29.3 Å². The summed E-state index contributed by atoms with van der Waals surface area (Å²) < 4.78 is 1.55. The molecule has 0 N–H and O–H groups in total. The average Bonchev–Trinajstić information content (AvgIpc) is 2.68. The second-order valence-corrected chi connectivity index (χ2v) is 4.52. The maximum atomic E-state index is 12.0. The van der Waals surface area contributed by atoms with E-state index in [0.29, 0.717) is 15.7 Å². The largest absolute Gasteiger partial charge is 0.292 e. The van der Waals surface area contributed by atoms with Crippen LogP contribution < -0.4 is 0 Å². The van der Waals surface area contributed by atoms with Crippen LogP contribution >= 0.6 is 23.2 Å². The molecule has 0 amide bonds. The third kappa shape index (κ3) is 2.68. The Morgan fingerprint density at radius 2 is 2.12 bits per heavy atom. The minimum absolute atomic E-state index is 0.0192. The van der Waals surface area contributed by atoms with E-state index < -0.39 is 0 Å². The third-order valence-electron chi connectivity index (χ3n) is 2.47. The van der Waals surface area contributed by atoms with Crippen molar-refractivity contribution in [2.45, 2.75) is 6.42 Å². The molecule has 0 aliphatic heterocycles. The quantitative estimate of drug-likeness (QED) is 0.802. The zero-order valence-electron chi connectivity index (χ0n) is 9.15. The van der Waals surface area contributed by atoms with E-state index in [-0.39, 0.29) is 12.2 Å². The van der Waals surface area contributed by atoms with Crippen LogP contribution in [0.1, 0.15) is 16.1 Å². The van der Waals surface area contributed by atoms with Gasteiger partial charge in [0.25, 0.3) is 0 Å². The Morgan fingerprint density at radius 3 is 2.71 bits per heavy atom. The first kappa shape index (κ1) is 12.1. The number of carbonyl (C=O) groups excluding carboxylic acids is 1. The van der Waals surface area contributed by atoms with Crippen molar-refractivity contribution < 1.29 is 4.79 Å². The van der Waals surface area contributed by atoms with Gasteiger partial charge in [0.15, 0.2) is 5.78 Å². The zero-order valence-corrected chi connectivity index (χ0v) is 10.7. The molecule has 0 aliphatic rings. The average molecular weight is 269 g/mol. The van der Waals surface area contributed by atoms with Crippen molar-refractivity contribution in [1.82, 2.24) is 9.78 Å². The van der Waals surface area contributed by atoms with Crippen LogP contribution in [0.25, 0.3) is 0 Å². The molecule has 0 fully saturated rings. The van der Waals surface area contributed by atoms with Gasteiger partial charge in [-0.25, -0.2) is 0 Å². The van der Waals surface area contributed by atoms with Gasteiger partial charge < -0.3 is 0 Å². The number of benzene rings is 1. The van der Waals surface area contributed by atoms with Gasteiger partial charge in [-0.05, 0) is 23.8 Å². The normalized spacial score (nSPS) is 10.5. The fourth-order valence-electron chi connectivity index (χ4n) is 1.58. The summed E-state index contributed by atoms with van der Waals surface area (Å²) in [5.41, 5.74) is 1.33. The first-order valence-electron chi connectivity index (χ1n) is 5.03. The Morgan fingerprint density at radius 1 is 1.35 bits per heavy atom. The lowest BCUT2D eigenvalue weighted by Gasteiger charge is -2.04. The number of ketones is 1. The number of hydrogen-bond acceptors (Lipinski definition) is 2. The fourth-order valence-corrected chi connectivity index (χ4v) is 2.05. The number of aromatic nitrogens is 2. The smallest absolute Gasteiger partial charge is 0.185 e. The van der Waals surface area contributed by atoms with E-state index >= 15 is 0 Å². The van der Waals surface area contributed by atoms with Gasteiger partial charge in [0.05, 0.1) is 0 Å². The number of hydrogen-bond donors (Lipinski definition) is 0. The van der Waals surface area contributed by atoms with Gasteiger partial charge in [-0.3, -0.25) is 9.48 Å². The number of Topliss-reactive ketones (excluding diaryl/α,β-unsaturated/α-hetero) is 1. The van der Waals surface area contributed by atoms with E-state index in [2.05, 4.69) is 5.10 Å². The highest BCUT2D eigenvalue weighted by Gasteiger charge is 2.12. The lowest BCUT2D eigenvalue weighted by molar-refractivity contribution is 0.0984. The van der Waals surface area contributed by atoms with Crippen molar-refractivity contribution in [1.29, 1.82) is 0 Å². The standard InChI is InChI=1S/C12H10Cl2N2O/c1-16-11(4-5-15-16)12(17)6-8-2-3-9(13)7-10(8)14/h2-5,7H,6H2,1H3. The van der Waals surface area contributed by atoms with Crippen LogP contribution in [0.3, 0.4) is 0 Å². The monoisotopic (exact) mass is 268 g/mol. The highest BCUT2D eigenvalue weighted by Crippen LogP contribution is 2.22. The Hall–Kier alpha value is -1.32. The van der Waals surface area contributed by atoms with Crippen molar-refractivity contribution in [3.05, 3.63) is 51.8 Å². The molecule has 0 bridgehead atoms. The summed E-state index contributed by atoms with van der Waals surface area (Å²) >= 11 is 11.8. The minimum Gasteiger partial charge on any atom is -0.292 e. The molecule has 5 heteroatoms. The zero-order chi connectivity index (χ0) is 12.4. The molecule has 0 aliphatic carbocycles. The lowest BCUT2D eigenvalue weighted by atomic mass is 10.1. The molecule has 2 rings (SSSR count). The summed E-state index contributed by atoms with van der Waals surface area (Å²) in [6, 6.07) is 6.80. The molecular weight excluding hydrogens is 259 g/mol. The Balaban J connectivity index is 2.22. The van der Waals surface area contributed by atoms with Crippen molar-refractivity contribution in [3.63, 3.8) is 0 Å². The molecule has 3 nitrogen and oxygen atoms in total. The van der Waals surface area contributed by atoms with Crippen LogP contribution in [-0.4, -0.2) is 15.6 Å². The Kier molecular flexibility index (Phi) is 3.50. The summed E-state index contributed by atoms with van der Waals surface area (Å²) in [6.45, 7) is 0. The van der Waals surface area contributed by atoms with E-state index in [4.69, 9.17) is 23.2 Å². The molecule has 1 aromatic carbocycles. The number of halogens is 2. The number of rotatable bonds is 3. The van der Waals surface area contributed by atoms with Crippen LogP contribution in [0.5, 0.6) is 0 Å². The molecule has 88 valence electrons. The van der Waals surface area contributed by atoms with E-state index in [1.165, 1.54) is 0 Å². The van der Waals surface area contributed by atoms with E-state index in [1.54, 1.807) is 42.2 Å². The van der Waals surface area contributed by atoms with Crippen molar-refractivity contribution >= 4 is 29.0 Å². The Bertz CT molecular complexity index is 563. The predicted octanol–water partition coefficient (Wildman–Crippen LogP) is 3.15. The summed E-state index contributed by atoms with van der Waals surface area (Å²) in [5.74, 6) is -0.0192. The molecule has 0 atom stereocenters. The molecule has 0 radical (unpaired) electrons.